The van der Waals surface area contributed by atoms with Crippen LogP contribution in [-0.4, -0.2) is 46.8 Å². The Bertz CT molecular complexity index is 654. The third kappa shape index (κ3) is 7.89. The van der Waals surface area contributed by atoms with Crippen molar-refractivity contribution < 1.29 is 4.21 Å². The summed E-state index contributed by atoms with van der Waals surface area (Å²) in [5.74, 6) is 1.36. The van der Waals surface area contributed by atoms with Crippen LogP contribution in [-0.2, 0) is 10.8 Å². The highest BCUT2D eigenvalue weighted by molar-refractivity contribution is 14.0. The van der Waals surface area contributed by atoms with Crippen molar-refractivity contribution in [1.82, 2.24) is 10.6 Å². The van der Waals surface area contributed by atoms with E-state index in [1.165, 1.54) is 24.1 Å². The number of benzene rings is 1. The number of aliphatic imine (C=N–C) groups is 1. The summed E-state index contributed by atoms with van der Waals surface area (Å²) < 4.78 is 12.0. The smallest absolute Gasteiger partial charge is 0.191 e. The molecule has 0 aromatic heterocycles. The van der Waals surface area contributed by atoms with Crippen molar-refractivity contribution in [1.29, 1.82) is 0 Å². The van der Waals surface area contributed by atoms with Crippen molar-refractivity contribution in [3.63, 3.8) is 0 Å². The first-order chi connectivity index (χ1) is 12.8. The third-order valence-electron chi connectivity index (χ3n) is 4.77. The Morgan fingerprint density at radius 1 is 1.29 bits per heavy atom. The third-order valence-corrected chi connectivity index (χ3v) is 6.69. The standard InChI is InChI=1S/C21H36N4OS.HI/c1-6-22-20(23-12-15-27(26)21(3,4)5)24-17(2)18-10-9-11-19(16-18)25-13-7-8-14-25;/h9-11,16-17H,6-8,12-15H2,1-5H3,(H2,22,23,24);1H. The summed E-state index contributed by atoms with van der Waals surface area (Å²) >= 11 is 0. The quantitative estimate of drug-likeness (QED) is 0.324. The van der Waals surface area contributed by atoms with E-state index < -0.39 is 10.8 Å². The van der Waals surface area contributed by atoms with Crippen LogP contribution < -0.4 is 15.5 Å². The molecule has 1 aromatic carbocycles. The summed E-state index contributed by atoms with van der Waals surface area (Å²) in [5, 5.41) is 6.78. The first kappa shape index (κ1) is 25.2. The summed E-state index contributed by atoms with van der Waals surface area (Å²) in [7, 11) is -0.879. The van der Waals surface area contributed by atoms with Gasteiger partial charge in [-0.1, -0.05) is 12.1 Å². The number of hydrogen-bond acceptors (Lipinski definition) is 3. The molecule has 1 fully saturated rings. The molecule has 1 aliphatic rings. The van der Waals surface area contributed by atoms with E-state index in [9.17, 15) is 4.21 Å². The van der Waals surface area contributed by atoms with Gasteiger partial charge in [-0.15, -0.1) is 24.0 Å². The van der Waals surface area contributed by atoms with Gasteiger partial charge >= 0.3 is 0 Å². The Morgan fingerprint density at radius 3 is 2.57 bits per heavy atom. The number of anilines is 1. The highest BCUT2D eigenvalue weighted by Gasteiger charge is 2.19. The zero-order valence-corrected chi connectivity index (χ0v) is 21.1. The second-order valence-electron chi connectivity index (χ2n) is 8.08. The molecule has 2 unspecified atom stereocenters. The van der Waals surface area contributed by atoms with Crippen LogP contribution >= 0.6 is 24.0 Å². The molecule has 0 aliphatic carbocycles. The van der Waals surface area contributed by atoms with E-state index in [4.69, 9.17) is 0 Å². The van der Waals surface area contributed by atoms with Crippen molar-refractivity contribution in [2.75, 3.05) is 36.8 Å². The minimum Gasteiger partial charge on any atom is -0.372 e. The summed E-state index contributed by atoms with van der Waals surface area (Å²) in [5.41, 5.74) is 2.56. The number of halogens is 1. The summed E-state index contributed by atoms with van der Waals surface area (Å²) in [6.07, 6.45) is 2.57. The minimum absolute atomic E-state index is 0. The van der Waals surface area contributed by atoms with Crippen LogP contribution in [0.25, 0.3) is 0 Å². The van der Waals surface area contributed by atoms with Gasteiger partial charge in [-0.2, -0.15) is 0 Å². The average Bonchev–Trinajstić information content (AvgIpc) is 3.15. The second-order valence-corrected chi connectivity index (χ2v) is 10.4. The minimum atomic E-state index is -0.879. The monoisotopic (exact) mass is 520 g/mol. The first-order valence-electron chi connectivity index (χ1n) is 10.1. The van der Waals surface area contributed by atoms with Gasteiger partial charge in [0.05, 0.1) is 12.6 Å². The van der Waals surface area contributed by atoms with Gasteiger partial charge in [0.1, 0.15) is 0 Å². The van der Waals surface area contributed by atoms with E-state index in [-0.39, 0.29) is 34.8 Å². The highest BCUT2D eigenvalue weighted by atomic mass is 127. The maximum atomic E-state index is 12.2. The Balaban J connectivity index is 0.00000392. The van der Waals surface area contributed by atoms with E-state index >= 15 is 0 Å². The maximum Gasteiger partial charge on any atom is 0.191 e. The molecule has 5 nitrogen and oxygen atoms in total. The Kier molecular flexibility index (Phi) is 10.8. The lowest BCUT2D eigenvalue weighted by Crippen LogP contribution is -2.39. The van der Waals surface area contributed by atoms with Gasteiger partial charge in [0.25, 0.3) is 0 Å². The van der Waals surface area contributed by atoms with Gasteiger partial charge in [-0.3, -0.25) is 9.20 Å². The van der Waals surface area contributed by atoms with Crippen LogP contribution in [0.1, 0.15) is 59.1 Å². The molecule has 1 aliphatic heterocycles. The largest absolute Gasteiger partial charge is 0.372 e. The van der Waals surface area contributed by atoms with E-state index in [0.29, 0.717) is 12.3 Å². The Labute approximate surface area is 190 Å². The van der Waals surface area contributed by atoms with Crippen LogP contribution in [0.3, 0.4) is 0 Å². The summed E-state index contributed by atoms with van der Waals surface area (Å²) in [6.45, 7) is 13.9. The predicted molar refractivity (Wildman–Crippen MR) is 134 cm³/mol. The Morgan fingerprint density at radius 2 is 1.96 bits per heavy atom. The van der Waals surface area contributed by atoms with Crippen molar-refractivity contribution in [2.45, 2.75) is 58.2 Å². The molecular formula is C21H37IN4OS. The molecule has 1 saturated heterocycles. The number of nitrogens with zero attached hydrogens (tertiary/aromatic N) is 2. The van der Waals surface area contributed by atoms with Gasteiger partial charge in [0.15, 0.2) is 5.96 Å². The fourth-order valence-corrected chi connectivity index (χ4v) is 3.99. The molecule has 2 atom stereocenters. The molecule has 0 spiro atoms. The fraction of sp³-hybridized carbons (Fsp3) is 0.667. The SMILES string of the molecule is CCNC(=NCCS(=O)C(C)(C)C)NC(C)c1cccc(N2CCCC2)c1.I. The second kappa shape index (κ2) is 12.0. The van der Waals surface area contributed by atoms with E-state index in [1.54, 1.807) is 0 Å². The normalized spacial score (nSPS) is 17.0. The lowest BCUT2D eigenvalue weighted by molar-refractivity contribution is 0.648. The first-order valence-corrected chi connectivity index (χ1v) is 11.4. The zero-order valence-electron chi connectivity index (χ0n) is 18.0. The molecule has 0 amide bonds. The molecule has 2 N–H and O–H groups in total. The molecule has 0 bridgehead atoms. The summed E-state index contributed by atoms with van der Waals surface area (Å²) in [4.78, 5) is 7.08. The topological polar surface area (TPSA) is 56.7 Å². The van der Waals surface area contributed by atoms with Crippen LogP contribution in [0.5, 0.6) is 0 Å². The van der Waals surface area contributed by atoms with Crippen LogP contribution in [0, 0.1) is 0 Å². The molecule has 1 heterocycles. The van der Waals surface area contributed by atoms with Gasteiger partial charge in [0.2, 0.25) is 0 Å². The molecule has 160 valence electrons. The van der Waals surface area contributed by atoms with E-state index in [1.807, 2.05) is 20.8 Å². The van der Waals surface area contributed by atoms with E-state index in [0.717, 1.165) is 25.6 Å². The molecule has 28 heavy (non-hydrogen) atoms. The molecule has 2 rings (SSSR count). The average molecular weight is 521 g/mol. The van der Waals surface area contributed by atoms with Crippen LogP contribution in [0.2, 0.25) is 0 Å². The Hall–Kier alpha value is -0.830. The maximum absolute atomic E-state index is 12.2. The molecular weight excluding hydrogens is 483 g/mol. The molecule has 1 aromatic rings. The van der Waals surface area contributed by atoms with Gasteiger partial charge in [0, 0.05) is 46.6 Å². The number of hydrogen-bond donors (Lipinski definition) is 2. The van der Waals surface area contributed by atoms with Crippen molar-refractivity contribution >= 4 is 46.4 Å². The lowest BCUT2D eigenvalue weighted by atomic mass is 10.1. The van der Waals surface area contributed by atoms with Crippen molar-refractivity contribution in [3.05, 3.63) is 29.8 Å². The number of rotatable bonds is 7. The highest BCUT2D eigenvalue weighted by Crippen LogP contribution is 2.23. The van der Waals surface area contributed by atoms with Crippen molar-refractivity contribution in [2.24, 2.45) is 4.99 Å². The molecule has 7 heteroatoms. The number of nitrogens with one attached hydrogen (secondary N) is 2. The van der Waals surface area contributed by atoms with Gasteiger partial charge < -0.3 is 15.5 Å². The lowest BCUT2D eigenvalue weighted by Gasteiger charge is -2.22. The van der Waals surface area contributed by atoms with Gasteiger partial charge in [-0.05, 0) is 65.2 Å². The van der Waals surface area contributed by atoms with E-state index in [2.05, 4.69) is 58.6 Å². The predicted octanol–water partition coefficient (Wildman–Crippen LogP) is 4.07. The van der Waals surface area contributed by atoms with Crippen LogP contribution in [0.4, 0.5) is 5.69 Å². The molecule has 0 radical (unpaired) electrons. The van der Waals surface area contributed by atoms with Crippen molar-refractivity contribution in [3.8, 4) is 0 Å². The van der Waals surface area contributed by atoms with Crippen LogP contribution in [0.15, 0.2) is 29.3 Å². The molecule has 0 saturated carbocycles. The number of guanidine groups is 1. The fourth-order valence-electron chi connectivity index (χ4n) is 3.12. The summed E-state index contributed by atoms with van der Waals surface area (Å²) in [6, 6.07) is 8.93. The zero-order chi connectivity index (χ0) is 19.9. The van der Waals surface area contributed by atoms with Gasteiger partial charge in [-0.25, -0.2) is 0 Å².